The van der Waals surface area contributed by atoms with Gasteiger partial charge in [0.15, 0.2) is 0 Å². The van der Waals surface area contributed by atoms with E-state index in [4.69, 9.17) is 0 Å². The van der Waals surface area contributed by atoms with Gasteiger partial charge in [0, 0.05) is 12.4 Å². The highest BCUT2D eigenvalue weighted by Crippen LogP contribution is 2.67. The van der Waals surface area contributed by atoms with E-state index in [1.54, 1.807) is 11.1 Å². The Morgan fingerprint density at radius 3 is 2.73 bits per heavy atom. The number of rotatable bonds is 1. The highest BCUT2D eigenvalue weighted by molar-refractivity contribution is 5.72. The SMILES string of the molecule is CC1=C2CC[C@@H]3[C@H](CC[C@]4(C)C(c5cccnc5)=CC[C@@H]34)[C@@]2(C)CCC1. The van der Waals surface area contributed by atoms with Crippen LogP contribution in [-0.4, -0.2) is 4.98 Å². The van der Waals surface area contributed by atoms with Crippen molar-refractivity contribution in [3.63, 3.8) is 0 Å². The van der Waals surface area contributed by atoms with Crippen molar-refractivity contribution in [2.75, 3.05) is 0 Å². The summed E-state index contributed by atoms with van der Waals surface area (Å²) in [7, 11) is 0. The molecule has 0 saturated heterocycles. The third kappa shape index (κ3) is 2.18. The molecule has 1 heteroatoms. The van der Waals surface area contributed by atoms with Gasteiger partial charge in [-0.05, 0) is 104 Å². The number of hydrogen-bond donors (Lipinski definition) is 0. The largest absolute Gasteiger partial charge is 0.264 e. The maximum absolute atomic E-state index is 4.41. The molecule has 26 heavy (non-hydrogen) atoms. The van der Waals surface area contributed by atoms with Gasteiger partial charge in [0.1, 0.15) is 0 Å². The van der Waals surface area contributed by atoms with Crippen LogP contribution in [0.4, 0.5) is 0 Å². The first kappa shape index (κ1) is 16.8. The van der Waals surface area contributed by atoms with E-state index in [1.807, 2.05) is 11.8 Å². The monoisotopic (exact) mass is 347 g/mol. The number of hydrogen-bond acceptors (Lipinski definition) is 1. The fourth-order valence-electron chi connectivity index (χ4n) is 7.75. The van der Waals surface area contributed by atoms with E-state index in [0.29, 0.717) is 10.8 Å². The topological polar surface area (TPSA) is 12.9 Å². The molecular weight excluding hydrogens is 314 g/mol. The highest BCUT2D eigenvalue weighted by Gasteiger charge is 2.57. The maximum atomic E-state index is 4.41. The van der Waals surface area contributed by atoms with Crippen LogP contribution in [0.3, 0.4) is 0 Å². The smallest absolute Gasteiger partial charge is 0.0343 e. The van der Waals surface area contributed by atoms with E-state index in [1.165, 1.54) is 56.9 Å². The molecule has 0 bridgehead atoms. The minimum absolute atomic E-state index is 0.367. The Kier molecular flexibility index (Phi) is 3.75. The second kappa shape index (κ2) is 5.81. The van der Waals surface area contributed by atoms with Gasteiger partial charge >= 0.3 is 0 Å². The summed E-state index contributed by atoms with van der Waals surface area (Å²) in [4.78, 5) is 4.41. The summed E-state index contributed by atoms with van der Waals surface area (Å²) in [6.45, 7) is 7.63. The molecule has 1 aromatic heterocycles. The van der Waals surface area contributed by atoms with Crippen molar-refractivity contribution in [2.24, 2.45) is 28.6 Å². The minimum Gasteiger partial charge on any atom is -0.264 e. The summed E-state index contributed by atoms with van der Waals surface area (Å²) in [6.07, 6.45) is 17.6. The molecule has 0 N–H and O–H groups in total. The quantitative estimate of drug-likeness (QED) is 0.508. The summed E-state index contributed by atoms with van der Waals surface area (Å²) in [6, 6.07) is 4.37. The van der Waals surface area contributed by atoms with E-state index in [2.05, 4.69) is 50.2 Å². The summed E-state index contributed by atoms with van der Waals surface area (Å²) in [5.41, 5.74) is 7.44. The van der Waals surface area contributed by atoms with Crippen LogP contribution < -0.4 is 0 Å². The third-order valence-electron chi connectivity index (χ3n) is 8.99. The average Bonchev–Trinajstić information content (AvgIpc) is 2.99. The van der Waals surface area contributed by atoms with Crippen LogP contribution in [0.25, 0.3) is 5.57 Å². The van der Waals surface area contributed by atoms with Gasteiger partial charge in [-0.15, -0.1) is 0 Å². The number of aromatic nitrogens is 1. The standard InChI is InChI=1S/C25H33N/c1-17-6-4-13-24(2)20(17)9-8-19-22-11-10-21(18-7-5-15-26-16-18)25(22,3)14-12-23(19)24/h5,7,10,15-16,19,22-23H,4,6,8-9,11-14H2,1-3H3/t19-,22-,23-,24-,25+/m0/s1. The molecule has 2 fully saturated rings. The number of pyridine rings is 1. The second-order valence-electron chi connectivity index (χ2n) is 10.00. The predicted molar refractivity (Wildman–Crippen MR) is 109 cm³/mol. The number of allylic oxidation sites excluding steroid dienone is 4. The van der Waals surface area contributed by atoms with E-state index in [9.17, 15) is 0 Å². The first-order valence-electron chi connectivity index (χ1n) is 10.8. The molecule has 0 radical (unpaired) electrons. The van der Waals surface area contributed by atoms with Crippen molar-refractivity contribution in [1.29, 1.82) is 0 Å². The van der Waals surface area contributed by atoms with E-state index >= 15 is 0 Å². The Hall–Kier alpha value is -1.37. The van der Waals surface area contributed by atoms with Crippen LogP contribution in [-0.2, 0) is 0 Å². The Morgan fingerprint density at radius 2 is 1.92 bits per heavy atom. The first-order chi connectivity index (χ1) is 12.5. The molecule has 1 aromatic rings. The number of nitrogens with zero attached hydrogens (tertiary/aromatic N) is 1. The normalized spacial score (nSPS) is 42.0. The van der Waals surface area contributed by atoms with E-state index in [-0.39, 0.29) is 0 Å². The second-order valence-corrected chi connectivity index (χ2v) is 10.00. The van der Waals surface area contributed by atoms with Crippen LogP contribution in [0.1, 0.15) is 77.7 Å². The molecule has 5 rings (SSSR count). The van der Waals surface area contributed by atoms with Crippen molar-refractivity contribution in [1.82, 2.24) is 4.98 Å². The van der Waals surface area contributed by atoms with Crippen LogP contribution in [0.15, 0.2) is 41.7 Å². The molecule has 4 aliphatic carbocycles. The molecule has 0 spiro atoms. The molecule has 0 unspecified atom stereocenters. The van der Waals surface area contributed by atoms with Crippen LogP contribution in [0.2, 0.25) is 0 Å². The Balaban J connectivity index is 1.49. The molecule has 0 aromatic carbocycles. The van der Waals surface area contributed by atoms with Crippen molar-refractivity contribution in [3.8, 4) is 0 Å². The molecule has 1 nitrogen and oxygen atoms in total. The Bertz CT molecular complexity index is 773. The van der Waals surface area contributed by atoms with Gasteiger partial charge in [-0.2, -0.15) is 0 Å². The lowest BCUT2D eigenvalue weighted by atomic mass is 9.46. The van der Waals surface area contributed by atoms with Gasteiger partial charge < -0.3 is 0 Å². The fraction of sp³-hybridized carbons (Fsp3) is 0.640. The predicted octanol–water partition coefficient (Wildman–Crippen LogP) is 6.82. The Labute approximate surface area is 159 Å². The van der Waals surface area contributed by atoms with Crippen LogP contribution >= 0.6 is 0 Å². The lowest BCUT2D eigenvalue weighted by Gasteiger charge is -2.58. The van der Waals surface area contributed by atoms with Crippen LogP contribution in [0, 0.1) is 28.6 Å². The molecule has 2 saturated carbocycles. The van der Waals surface area contributed by atoms with Crippen LogP contribution in [0.5, 0.6) is 0 Å². The van der Waals surface area contributed by atoms with Crippen molar-refractivity contribution >= 4 is 5.57 Å². The van der Waals surface area contributed by atoms with Crippen molar-refractivity contribution in [3.05, 3.63) is 47.3 Å². The Morgan fingerprint density at radius 1 is 1.04 bits per heavy atom. The fourth-order valence-corrected chi connectivity index (χ4v) is 7.75. The molecule has 1 heterocycles. The molecule has 138 valence electrons. The van der Waals surface area contributed by atoms with Gasteiger partial charge in [0.05, 0.1) is 0 Å². The summed E-state index contributed by atoms with van der Waals surface area (Å²) in [5, 5.41) is 0. The van der Waals surface area contributed by atoms with E-state index in [0.717, 1.165) is 17.8 Å². The van der Waals surface area contributed by atoms with Crippen molar-refractivity contribution < 1.29 is 0 Å². The molecular formula is C25H33N. The van der Waals surface area contributed by atoms with Gasteiger partial charge in [0.25, 0.3) is 0 Å². The lowest BCUT2D eigenvalue weighted by molar-refractivity contribution is -0.0229. The van der Waals surface area contributed by atoms with Crippen molar-refractivity contribution in [2.45, 2.75) is 72.1 Å². The zero-order chi connectivity index (χ0) is 17.9. The zero-order valence-electron chi connectivity index (χ0n) is 16.7. The molecule has 4 aliphatic rings. The summed E-state index contributed by atoms with van der Waals surface area (Å²) < 4.78 is 0. The van der Waals surface area contributed by atoms with Gasteiger partial charge in [-0.1, -0.05) is 37.1 Å². The maximum Gasteiger partial charge on any atom is 0.0343 e. The highest BCUT2D eigenvalue weighted by atomic mass is 14.6. The lowest BCUT2D eigenvalue weighted by Crippen LogP contribution is -2.49. The van der Waals surface area contributed by atoms with Gasteiger partial charge in [-0.25, -0.2) is 0 Å². The van der Waals surface area contributed by atoms with Gasteiger partial charge in [0.2, 0.25) is 0 Å². The number of fused-ring (bicyclic) bond motifs is 5. The first-order valence-corrected chi connectivity index (χ1v) is 10.8. The zero-order valence-corrected chi connectivity index (χ0v) is 16.7. The molecule has 5 atom stereocenters. The van der Waals surface area contributed by atoms with Gasteiger partial charge in [-0.3, -0.25) is 4.98 Å². The average molecular weight is 348 g/mol. The molecule has 0 aliphatic heterocycles. The minimum atomic E-state index is 0.367. The third-order valence-corrected chi connectivity index (χ3v) is 8.99. The van der Waals surface area contributed by atoms with E-state index < -0.39 is 0 Å². The summed E-state index contributed by atoms with van der Waals surface area (Å²) in [5.74, 6) is 2.68. The summed E-state index contributed by atoms with van der Waals surface area (Å²) >= 11 is 0. The molecule has 0 amide bonds.